The highest BCUT2D eigenvalue weighted by Gasteiger charge is 2.15. The molecule has 0 atom stereocenters. The van der Waals surface area contributed by atoms with Crippen molar-refractivity contribution in [3.05, 3.63) is 58.2 Å². The van der Waals surface area contributed by atoms with Crippen molar-refractivity contribution < 1.29 is 4.79 Å². The largest absolute Gasteiger partial charge is 0.399 e. The fourth-order valence-electron chi connectivity index (χ4n) is 2.25. The second-order valence-electron chi connectivity index (χ2n) is 4.61. The van der Waals surface area contributed by atoms with E-state index in [0.29, 0.717) is 22.5 Å². The number of nitrogens with two attached hydrogens (primary N) is 2. The van der Waals surface area contributed by atoms with Crippen LogP contribution in [0.15, 0.2) is 47.1 Å². The molecule has 0 spiro atoms. The van der Waals surface area contributed by atoms with E-state index in [1.54, 1.807) is 24.4 Å². The summed E-state index contributed by atoms with van der Waals surface area (Å²) in [6.45, 7) is 0. The summed E-state index contributed by atoms with van der Waals surface area (Å²) in [6, 6.07) is 10.6. The minimum Gasteiger partial charge on any atom is -0.399 e. The first-order chi connectivity index (χ1) is 9.54. The van der Waals surface area contributed by atoms with Crippen molar-refractivity contribution in [2.75, 3.05) is 11.5 Å². The summed E-state index contributed by atoms with van der Waals surface area (Å²) in [4.78, 5) is 15.7. The topological polar surface area (TPSA) is 84.9 Å². The first kappa shape index (κ1) is 12.7. The number of carbonyl (C=O) groups is 1. The smallest absolute Gasteiger partial charge is 0.195 e. The first-order valence-electron chi connectivity index (χ1n) is 6.02. The van der Waals surface area contributed by atoms with Gasteiger partial charge in [0.1, 0.15) is 0 Å². The molecule has 1 aromatic heterocycles. The van der Waals surface area contributed by atoms with Crippen LogP contribution in [-0.4, -0.2) is 10.8 Å². The van der Waals surface area contributed by atoms with Crippen molar-refractivity contribution in [3.63, 3.8) is 0 Å². The maximum atomic E-state index is 12.6. The molecular formula is C15H12BrN3O. The second-order valence-corrected chi connectivity index (χ2v) is 5.53. The lowest BCUT2D eigenvalue weighted by Crippen LogP contribution is -2.03. The highest BCUT2D eigenvalue weighted by molar-refractivity contribution is 9.10. The number of rotatable bonds is 2. The molecule has 3 rings (SSSR count). The number of carbonyl (C=O) groups excluding carboxylic acids is 1. The number of H-pyrrole nitrogens is 1. The monoisotopic (exact) mass is 329 g/mol. The van der Waals surface area contributed by atoms with Crippen LogP contribution in [0.3, 0.4) is 0 Å². The summed E-state index contributed by atoms with van der Waals surface area (Å²) in [5, 5.41) is 0.874. The molecule has 5 heteroatoms. The zero-order chi connectivity index (χ0) is 14.3. The normalized spacial score (nSPS) is 10.8. The Bertz CT molecular complexity index is 803. The fraction of sp³-hybridized carbons (Fsp3) is 0. The Morgan fingerprint density at radius 1 is 1.05 bits per heavy atom. The number of halogens is 1. The molecule has 0 amide bonds. The highest BCUT2D eigenvalue weighted by Crippen LogP contribution is 2.25. The lowest BCUT2D eigenvalue weighted by atomic mass is 10.0. The van der Waals surface area contributed by atoms with E-state index >= 15 is 0 Å². The lowest BCUT2D eigenvalue weighted by molar-refractivity contribution is 0.104. The Kier molecular flexibility index (Phi) is 2.99. The summed E-state index contributed by atoms with van der Waals surface area (Å²) in [7, 11) is 0. The van der Waals surface area contributed by atoms with E-state index in [2.05, 4.69) is 20.9 Å². The SMILES string of the molecule is Nc1cc(N)cc(C(=O)c2c[nH]c3cc(Br)ccc23)c1. The standard InChI is InChI=1S/C15H12BrN3O/c16-9-1-2-12-13(7-19-14(12)5-9)15(20)8-3-10(17)6-11(18)4-8/h1-7,19H,17-18H2. The molecule has 5 N–H and O–H groups in total. The van der Waals surface area contributed by atoms with Crippen molar-refractivity contribution in [1.82, 2.24) is 4.98 Å². The average molecular weight is 330 g/mol. The Morgan fingerprint density at radius 2 is 1.75 bits per heavy atom. The van der Waals surface area contributed by atoms with Crippen LogP contribution in [-0.2, 0) is 0 Å². The molecule has 0 unspecified atom stereocenters. The first-order valence-corrected chi connectivity index (χ1v) is 6.81. The third kappa shape index (κ3) is 2.16. The number of nitrogen functional groups attached to an aromatic ring is 2. The quantitative estimate of drug-likeness (QED) is 0.498. The van der Waals surface area contributed by atoms with Crippen LogP contribution >= 0.6 is 15.9 Å². The van der Waals surface area contributed by atoms with E-state index in [9.17, 15) is 4.79 Å². The van der Waals surface area contributed by atoms with Crippen molar-refractivity contribution >= 4 is 44.0 Å². The van der Waals surface area contributed by atoms with Crippen LogP contribution in [0.5, 0.6) is 0 Å². The minimum absolute atomic E-state index is 0.0995. The number of aromatic nitrogens is 1. The highest BCUT2D eigenvalue weighted by atomic mass is 79.9. The zero-order valence-electron chi connectivity index (χ0n) is 10.5. The third-order valence-corrected chi connectivity index (χ3v) is 3.62. The van der Waals surface area contributed by atoms with Crippen LogP contribution in [0.25, 0.3) is 10.9 Å². The van der Waals surface area contributed by atoms with Crippen LogP contribution in [0, 0.1) is 0 Å². The number of anilines is 2. The molecule has 2 aromatic carbocycles. The molecule has 4 nitrogen and oxygen atoms in total. The van der Waals surface area contributed by atoms with Gasteiger partial charge in [0.2, 0.25) is 0 Å². The van der Waals surface area contributed by atoms with E-state index in [4.69, 9.17) is 11.5 Å². The molecule has 0 fully saturated rings. The number of aromatic amines is 1. The Balaban J connectivity index is 2.12. The van der Waals surface area contributed by atoms with Gasteiger partial charge in [-0.3, -0.25) is 4.79 Å². The van der Waals surface area contributed by atoms with Gasteiger partial charge >= 0.3 is 0 Å². The summed E-state index contributed by atoms with van der Waals surface area (Å²) < 4.78 is 0.957. The predicted octanol–water partition coefficient (Wildman–Crippen LogP) is 3.33. The zero-order valence-corrected chi connectivity index (χ0v) is 12.1. The number of hydrogen-bond acceptors (Lipinski definition) is 3. The summed E-state index contributed by atoms with van der Waals surface area (Å²) in [5.74, 6) is -0.0995. The molecule has 0 bridgehead atoms. The van der Waals surface area contributed by atoms with Crippen LogP contribution < -0.4 is 11.5 Å². The lowest BCUT2D eigenvalue weighted by Gasteiger charge is -2.03. The number of nitrogens with one attached hydrogen (secondary N) is 1. The second kappa shape index (κ2) is 4.68. The van der Waals surface area contributed by atoms with Crippen molar-refractivity contribution in [2.24, 2.45) is 0 Å². The third-order valence-electron chi connectivity index (χ3n) is 3.13. The molecule has 0 saturated heterocycles. The van der Waals surface area contributed by atoms with E-state index in [-0.39, 0.29) is 5.78 Å². The van der Waals surface area contributed by atoms with Crippen LogP contribution in [0.4, 0.5) is 11.4 Å². The molecular weight excluding hydrogens is 318 g/mol. The van der Waals surface area contributed by atoms with Gasteiger partial charge in [-0.2, -0.15) is 0 Å². The van der Waals surface area contributed by atoms with E-state index in [1.807, 2.05) is 18.2 Å². The van der Waals surface area contributed by atoms with Gasteiger partial charge in [-0.15, -0.1) is 0 Å². The molecule has 1 heterocycles. The van der Waals surface area contributed by atoms with Crippen LogP contribution in [0.1, 0.15) is 15.9 Å². The summed E-state index contributed by atoms with van der Waals surface area (Å²) >= 11 is 3.40. The van der Waals surface area contributed by atoms with Gasteiger partial charge in [-0.25, -0.2) is 0 Å². The molecule has 100 valence electrons. The molecule has 0 saturated carbocycles. The number of benzene rings is 2. The van der Waals surface area contributed by atoms with Gasteiger partial charge < -0.3 is 16.5 Å². The van der Waals surface area contributed by atoms with E-state index < -0.39 is 0 Å². The Labute approximate surface area is 123 Å². The Hall–Kier alpha value is -2.27. The number of hydrogen-bond donors (Lipinski definition) is 3. The fourth-order valence-corrected chi connectivity index (χ4v) is 2.61. The predicted molar refractivity (Wildman–Crippen MR) is 84.7 cm³/mol. The maximum absolute atomic E-state index is 12.6. The van der Waals surface area contributed by atoms with Crippen LogP contribution in [0.2, 0.25) is 0 Å². The van der Waals surface area contributed by atoms with Gasteiger partial charge in [0.05, 0.1) is 0 Å². The minimum atomic E-state index is -0.0995. The van der Waals surface area contributed by atoms with Gasteiger partial charge in [0.25, 0.3) is 0 Å². The number of ketones is 1. The van der Waals surface area contributed by atoms with Crippen molar-refractivity contribution in [1.29, 1.82) is 0 Å². The summed E-state index contributed by atoms with van der Waals surface area (Å²) in [6.07, 6.45) is 1.71. The van der Waals surface area contributed by atoms with Gasteiger partial charge in [-0.1, -0.05) is 22.0 Å². The van der Waals surface area contributed by atoms with Gasteiger partial charge in [-0.05, 0) is 30.3 Å². The molecule has 3 aromatic rings. The van der Waals surface area contributed by atoms with E-state index in [0.717, 1.165) is 15.4 Å². The van der Waals surface area contributed by atoms with E-state index in [1.165, 1.54) is 0 Å². The summed E-state index contributed by atoms with van der Waals surface area (Å²) in [5.41, 5.74) is 14.4. The molecule has 20 heavy (non-hydrogen) atoms. The molecule has 0 aliphatic heterocycles. The molecule has 0 radical (unpaired) electrons. The van der Waals surface area contributed by atoms with Gasteiger partial charge in [0.15, 0.2) is 5.78 Å². The van der Waals surface area contributed by atoms with Crippen molar-refractivity contribution in [3.8, 4) is 0 Å². The Morgan fingerprint density at radius 3 is 2.45 bits per heavy atom. The average Bonchev–Trinajstić information content (AvgIpc) is 2.79. The van der Waals surface area contributed by atoms with Crippen molar-refractivity contribution in [2.45, 2.75) is 0 Å². The maximum Gasteiger partial charge on any atom is 0.195 e. The molecule has 0 aliphatic carbocycles. The van der Waals surface area contributed by atoms with Gasteiger partial charge in [0, 0.05) is 44.1 Å². The molecule has 0 aliphatic rings. The number of fused-ring (bicyclic) bond motifs is 1.